The molecule has 0 fully saturated rings. The summed E-state index contributed by atoms with van der Waals surface area (Å²) in [6, 6.07) is 12.0. The maximum absolute atomic E-state index is 10.0. The molecule has 29 heavy (non-hydrogen) atoms. The van der Waals surface area contributed by atoms with Gasteiger partial charge in [-0.25, -0.2) is 15.0 Å². The normalized spacial score (nSPS) is 12.3. The van der Waals surface area contributed by atoms with Crippen LogP contribution in [0.5, 0.6) is 0 Å². The minimum absolute atomic E-state index is 0.290. The lowest BCUT2D eigenvalue weighted by atomic mass is 10.1. The molecule has 0 unspecified atom stereocenters. The maximum atomic E-state index is 10.0. The van der Waals surface area contributed by atoms with Crippen LogP contribution in [0.2, 0.25) is 0 Å². The summed E-state index contributed by atoms with van der Waals surface area (Å²) < 4.78 is 2.00. The molecule has 3 heterocycles. The first-order valence-corrected chi connectivity index (χ1v) is 10.1. The Balaban J connectivity index is 1.64. The first kappa shape index (κ1) is 19.1. The number of nitrogens with one attached hydrogen (secondary N) is 2. The van der Waals surface area contributed by atoms with Crippen molar-refractivity contribution >= 4 is 16.9 Å². The van der Waals surface area contributed by atoms with Gasteiger partial charge in [-0.15, -0.1) is 0 Å². The van der Waals surface area contributed by atoms with E-state index in [1.54, 1.807) is 12.5 Å². The van der Waals surface area contributed by atoms with Crippen molar-refractivity contribution in [1.82, 2.24) is 24.5 Å². The highest BCUT2D eigenvalue weighted by Crippen LogP contribution is 2.26. The molecular formula is C22H26N6O. The number of aromatic amines is 1. The van der Waals surface area contributed by atoms with E-state index in [0.717, 1.165) is 41.0 Å². The molecule has 0 radical (unpaired) electrons. The van der Waals surface area contributed by atoms with E-state index in [1.807, 2.05) is 41.1 Å². The second-order valence-corrected chi connectivity index (χ2v) is 7.21. The summed E-state index contributed by atoms with van der Waals surface area (Å²) in [6.07, 6.45) is 7.68. The van der Waals surface area contributed by atoms with Crippen molar-refractivity contribution in [1.29, 1.82) is 0 Å². The summed E-state index contributed by atoms with van der Waals surface area (Å²) in [5.74, 6) is 1.46. The molecular weight excluding hydrogens is 364 g/mol. The molecule has 0 aliphatic heterocycles. The minimum atomic E-state index is -0.290. The van der Waals surface area contributed by atoms with E-state index in [9.17, 15) is 5.11 Å². The van der Waals surface area contributed by atoms with E-state index in [0.29, 0.717) is 25.3 Å². The molecule has 0 aliphatic carbocycles. The summed E-state index contributed by atoms with van der Waals surface area (Å²) in [5, 5.41) is 14.4. The van der Waals surface area contributed by atoms with Crippen LogP contribution in [-0.4, -0.2) is 42.3 Å². The molecule has 4 aromatic rings. The number of aliphatic hydroxyl groups is 1. The van der Waals surface area contributed by atoms with E-state index < -0.39 is 0 Å². The van der Waals surface area contributed by atoms with E-state index >= 15 is 0 Å². The summed E-state index contributed by atoms with van der Waals surface area (Å²) >= 11 is 0. The molecule has 1 atom stereocenters. The maximum Gasteiger partial charge on any atom is 0.163 e. The van der Waals surface area contributed by atoms with Crippen LogP contribution in [-0.2, 0) is 6.54 Å². The van der Waals surface area contributed by atoms with Gasteiger partial charge >= 0.3 is 0 Å². The number of nitrogens with zero attached hydrogens (tertiary/aromatic N) is 4. The molecule has 3 N–H and O–H groups in total. The molecule has 7 heteroatoms. The molecule has 1 aromatic carbocycles. The number of hydrogen-bond donors (Lipinski definition) is 3. The number of fused-ring (bicyclic) bond motifs is 1. The Bertz CT molecular complexity index is 1040. The third-order valence-corrected chi connectivity index (χ3v) is 4.88. The fourth-order valence-electron chi connectivity index (χ4n) is 3.41. The third kappa shape index (κ3) is 4.63. The van der Waals surface area contributed by atoms with Crippen LogP contribution >= 0.6 is 0 Å². The molecule has 7 nitrogen and oxygen atoms in total. The van der Waals surface area contributed by atoms with E-state index in [-0.39, 0.29) is 6.10 Å². The predicted octanol–water partition coefficient (Wildman–Crippen LogP) is 3.83. The van der Waals surface area contributed by atoms with Gasteiger partial charge in [-0.2, -0.15) is 0 Å². The van der Waals surface area contributed by atoms with Crippen LogP contribution < -0.4 is 5.32 Å². The van der Waals surface area contributed by atoms with Crippen molar-refractivity contribution in [3.8, 4) is 11.4 Å². The molecule has 150 valence electrons. The molecule has 0 saturated heterocycles. The fourth-order valence-corrected chi connectivity index (χ4v) is 3.41. The molecule has 0 bridgehead atoms. The van der Waals surface area contributed by atoms with Gasteiger partial charge in [0.05, 0.1) is 24.4 Å². The third-order valence-electron chi connectivity index (χ3n) is 4.88. The van der Waals surface area contributed by atoms with Crippen LogP contribution in [0.1, 0.15) is 31.9 Å². The number of imidazole rings is 1. The quantitative estimate of drug-likeness (QED) is 0.404. The summed E-state index contributed by atoms with van der Waals surface area (Å²) in [4.78, 5) is 17.0. The number of benzene rings is 1. The van der Waals surface area contributed by atoms with Crippen LogP contribution in [0.25, 0.3) is 22.4 Å². The highest BCUT2D eigenvalue weighted by atomic mass is 16.3. The van der Waals surface area contributed by atoms with Gasteiger partial charge in [0.2, 0.25) is 0 Å². The first-order valence-electron chi connectivity index (χ1n) is 10.1. The number of rotatable bonds is 9. The van der Waals surface area contributed by atoms with Gasteiger partial charge in [-0.1, -0.05) is 43.7 Å². The average Bonchev–Trinajstić information content (AvgIpc) is 3.38. The molecule has 0 amide bonds. The summed E-state index contributed by atoms with van der Waals surface area (Å²) in [7, 11) is 0. The molecule has 3 aromatic heterocycles. The zero-order valence-electron chi connectivity index (χ0n) is 16.5. The van der Waals surface area contributed by atoms with Crippen LogP contribution in [0, 0.1) is 0 Å². The van der Waals surface area contributed by atoms with Crippen molar-refractivity contribution < 1.29 is 5.11 Å². The Hall–Kier alpha value is -3.19. The zero-order valence-corrected chi connectivity index (χ0v) is 16.5. The highest BCUT2D eigenvalue weighted by Gasteiger charge is 2.13. The van der Waals surface area contributed by atoms with Crippen LogP contribution in [0.15, 0.2) is 55.1 Å². The second kappa shape index (κ2) is 8.87. The van der Waals surface area contributed by atoms with Gasteiger partial charge in [-0.05, 0) is 18.9 Å². The van der Waals surface area contributed by atoms with Crippen LogP contribution in [0.3, 0.4) is 0 Å². The SMILES string of the molecule is CCC[C@H](O)CCNc1nc(-c2ccccc2)nc2[nH]c(Cn3ccnc3)cc12. The number of aromatic nitrogens is 5. The molecule has 0 aliphatic rings. The lowest BCUT2D eigenvalue weighted by Crippen LogP contribution is -2.14. The van der Waals surface area contributed by atoms with Crippen molar-refractivity contribution in [2.24, 2.45) is 0 Å². The molecule has 4 rings (SSSR count). The monoisotopic (exact) mass is 390 g/mol. The van der Waals surface area contributed by atoms with Gasteiger partial charge in [0.25, 0.3) is 0 Å². The predicted molar refractivity (Wildman–Crippen MR) is 115 cm³/mol. The van der Waals surface area contributed by atoms with Gasteiger partial charge in [0, 0.05) is 30.2 Å². The standard InChI is InChI=1S/C22H26N6O/c1-2-6-18(29)9-10-24-21-19-13-17(14-28-12-11-23-15-28)25-22(19)27-20(26-21)16-7-4-3-5-8-16/h3-5,7-8,11-13,15,18,29H,2,6,9-10,14H2,1H3,(H2,24,25,26,27)/t18-/m0/s1. The smallest absolute Gasteiger partial charge is 0.163 e. The fraction of sp³-hybridized carbons (Fsp3) is 0.318. The molecule has 0 saturated carbocycles. The molecule has 0 spiro atoms. The average molecular weight is 390 g/mol. The Labute approximate surface area is 169 Å². The zero-order chi connectivity index (χ0) is 20.1. The van der Waals surface area contributed by atoms with E-state index in [1.165, 1.54) is 0 Å². The Morgan fingerprint density at radius 2 is 2.03 bits per heavy atom. The Morgan fingerprint density at radius 1 is 1.17 bits per heavy atom. The number of hydrogen-bond acceptors (Lipinski definition) is 5. The highest BCUT2D eigenvalue weighted by molar-refractivity contribution is 5.89. The first-order chi connectivity index (χ1) is 14.2. The number of H-pyrrole nitrogens is 1. The van der Waals surface area contributed by atoms with Crippen LogP contribution in [0.4, 0.5) is 5.82 Å². The Morgan fingerprint density at radius 3 is 2.79 bits per heavy atom. The van der Waals surface area contributed by atoms with Crippen molar-refractivity contribution in [2.75, 3.05) is 11.9 Å². The summed E-state index contributed by atoms with van der Waals surface area (Å²) in [6.45, 7) is 3.42. The van der Waals surface area contributed by atoms with Gasteiger partial charge in [0.1, 0.15) is 11.5 Å². The topological polar surface area (TPSA) is 91.6 Å². The lowest BCUT2D eigenvalue weighted by molar-refractivity contribution is 0.157. The summed E-state index contributed by atoms with van der Waals surface area (Å²) in [5.41, 5.74) is 2.80. The van der Waals surface area contributed by atoms with Gasteiger partial charge < -0.3 is 20.0 Å². The van der Waals surface area contributed by atoms with Crippen molar-refractivity contribution in [3.63, 3.8) is 0 Å². The number of anilines is 1. The second-order valence-electron chi connectivity index (χ2n) is 7.21. The largest absolute Gasteiger partial charge is 0.393 e. The lowest BCUT2D eigenvalue weighted by Gasteiger charge is -2.12. The van der Waals surface area contributed by atoms with Crippen molar-refractivity contribution in [3.05, 3.63) is 60.8 Å². The number of aliphatic hydroxyl groups excluding tert-OH is 1. The Kier molecular flexibility index (Phi) is 5.86. The van der Waals surface area contributed by atoms with Crippen molar-refractivity contribution in [2.45, 2.75) is 38.8 Å². The van der Waals surface area contributed by atoms with E-state index in [4.69, 9.17) is 9.97 Å². The minimum Gasteiger partial charge on any atom is -0.393 e. The van der Waals surface area contributed by atoms with E-state index in [2.05, 4.69) is 28.3 Å². The van der Waals surface area contributed by atoms with Gasteiger partial charge in [-0.3, -0.25) is 0 Å². The van der Waals surface area contributed by atoms with Gasteiger partial charge in [0.15, 0.2) is 5.82 Å².